The maximum atomic E-state index is 5.82. The van der Waals surface area contributed by atoms with Crippen molar-refractivity contribution in [1.82, 2.24) is 4.98 Å². The summed E-state index contributed by atoms with van der Waals surface area (Å²) in [6.07, 6.45) is 6.65. The first-order valence-electron chi connectivity index (χ1n) is 6.77. The van der Waals surface area contributed by atoms with Crippen LogP contribution < -0.4 is 9.64 Å². The van der Waals surface area contributed by atoms with E-state index in [1.54, 1.807) is 0 Å². The molecule has 0 aromatic carbocycles. The number of hydrogen-bond donors (Lipinski definition) is 0. The minimum absolute atomic E-state index is 0.613. The zero-order valence-corrected chi connectivity index (χ0v) is 11.7. The molecule has 0 saturated heterocycles. The first-order valence-corrected chi connectivity index (χ1v) is 7.30. The van der Waals surface area contributed by atoms with Crippen molar-refractivity contribution in [1.29, 1.82) is 0 Å². The molecule has 18 heavy (non-hydrogen) atoms. The van der Waals surface area contributed by atoms with Crippen molar-refractivity contribution in [3.8, 4) is 5.75 Å². The molecule has 0 unspecified atom stereocenters. The molecular formula is C14H21ClN2O. The molecule has 1 aliphatic carbocycles. The summed E-state index contributed by atoms with van der Waals surface area (Å²) in [5, 5.41) is 0. The Labute approximate surface area is 114 Å². The van der Waals surface area contributed by atoms with Crippen LogP contribution in [0.15, 0.2) is 18.3 Å². The van der Waals surface area contributed by atoms with Crippen molar-refractivity contribution < 1.29 is 4.74 Å². The Kier molecular flexibility index (Phi) is 5.12. The smallest absolute Gasteiger partial charge is 0.171 e. The number of nitrogens with zero attached hydrogens (tertiary/aromatic N) is 2. The molecule has 2 rings (SSSR count). The highest BCUT2D eigenvalue weighted by molar-refractivity contribution is 6.17. The Morgan fingerprint density at radius 2 is 2.33 bits per heavy atom. The zero-order chi connectivity index (χ0) is 12.8. The lowest BCUT2D eigenvalue weighted by atomic mass is 9.91. The Balaban J connectivity index is 2.17. The van der Waals surface area contributed by atoms with Gasteiger partial charge in [0, 0.05) is 24.7 Å². The topological polar surface area (TPSA) is 25.4 Å². The summed E-state index contributed by atoms with van der Waals surface area (Å²) in [5.41, 5.74) is 0. The molecule has 1 aromatic heterocycles. The van der Waals surface area contributed by atoms with Gasteiger partial charge >= 0.3 is 0 Å². The van der Waals surface area contributed by atoms with E-state index in [1.807, 2.05) is 25.3 Å². The number of aromatic nitrogens is 1. The number of ether oxygens (including phenoxy) is 1. The quantitative estimate of drug-likeness (QED) is 0.708. The number of hydrogen-bond acceptors (Lipinski definition) is 3. The van der Waals surface area contributed by atoms with Crippen molar-refractivity contribution in [3.05, 3.63) is 18.3 Å². The fraction of sp³-hybridized carbons (Fsp3) is 0.643. The average Bonchev–Trinajstić information content (AvgIpc) is 2.33. The maximum Gasteiger partial charge on any atom is 0.171 e. The minimum Gasteiger partial charge on any atom is -0.490 e. The molecule has 3 nitrogen and oxygen atoms in total. The van der Waals surface area contributed by atoms with Gasteiger partial charge in [0.05, 0.1) is 6.61 Å². The van der Waals surface area contributed by atoms with Crippen LogP contribution in [-0.2, 0) is 0 Å². The highest BCUT2D eigenvalue weighted by atomic mass is 35.5. The van der Waals surface area contributed by atoms with E-state index in [4.69, 9.17) is 16.3 Å². The highest BCUT2D eigenvalue weighted by Gasteiger charge is 2.27. The van der Waals surface area contributed by atoms with Gasteiger partial charge in [0.25, 0.3) is 0 Å². The Morgan fingerprint density at radius 3 is 2.94 bits per heavy atom. The molecule has 0 bridgehead atoms. The van der Waals surface area contributed by atoms with Crippen LogP contribution in [0.3, 0.4) is 0 Å². The van der Waals surface area contributed by atoms with E-state index in [0.717, 1.165) is 24.5 Å². The third-order valence-electron chi connectivity index (χ3n) is 3.37. The van der Waals surface area contributed by atoms with Crippen LogP contribution in [0.4, 0.5) is 5.82 Å². The van der Waals surface area contributed by atoms with Crippen LogP contribution in [0.25, 0.3) is 0 Å². The third kappa shape index (κ3) is 3.08. The van der Waals surface area contributed by atoms with Gasteiger partial charge in [-0.3, -0.25) is 0 Å². The molecule has 1 saturated carbocycles. The van der Waals surface area contributed by atoms with Crippen molar-refractivity contribution in [3.63, 3.8) is 0 Å². The Morgan fingerprint density at radius 1 is 1.50 bits per heavy atom. The Hall–Kier alpha value is -0.960. The number of alkyl halides is 1. The molecule has 0 spiro atoms. The second-order valence-corrected chi connectivity index (χ2v) is 4.96. The van der Waals surface area contributed by atoms with Crippen molar-refractivity contribution >= 4 is 17.4 Å². The van der Waals surface area contributed by atoms with Gasteiger partial charge in [0.2, 0.25) is 0 Å². The van der Waals surface area contributed by atoms with Crippen LogP contribution in [0.5, 0.6) is 5.75 Å². The fourth-order valence-corrected chi connectivity index (χ4v) is 2.38. The standard InChI is InChI=1S/C14H21ClN2O/c1-2-18-13-8-4-10-16-14(13)17(11-5-9-15)12-6-3-7-12/h4,8,10,12H,2-3,5-7,9,11H2,1H3. The first-order chi connectivity index (χ1) is 8.86. The molecule has 1 fully saturated rings. The lowest BCUT2D eigenvalue weighted by molar-refractivity contribution is 0.331. The first kappa shape index (κ1) is 13.5. The molecule has 0 N–H and O–H groups in total. The average molecular weight is 269 g/mol. The van der Waals surface area contributed by atoms with Gasteiger partial charge in [0.1, 0.15) is 0 Å². The van der Waals surface area contributed by atoms with Crippen LogP contribution in [0, 0.1) is 0 Å². The van der Waals surface area contributed by atoms with E-state index < -0.39 is 0 Å². The molecule has 1 aromatic rings. The van der Waals surface area contributed by atoms with Gasteiger partial charge in [-0.1, -0.05) is 0 Å². The SMILES string of the molecule is CCOc1cccnc1N(CCCCl)C1CCC1. The van der Waals surface area contributed by atoms with Gasteiger partial charge in [-0.05, 0) is 44.7 Å². The lowest BCUT2D eigenvalue weighted by Gasteiger charge is -2.39. The summed E-state index contributed by atoms with van der Waals surface area (Å²) in [6.45, 7) is 3.64. The van der Waals surface area contributed by atoms with Gasteiger partial charge in [-0.15, -0.1) is 11.6 Å². The maximum absolute atomic E-state index is 5.82. The molecular weight excluding hydrogens is 248 g/mol. The summed E-state index contributed by atoms with van der Waals surface area (Å²) in [4.78, 5) is 6.88. The summed E-state index contributed by atoms with van der Waals surface area (Å²) in [6, 6.07) is 4.54. The number of anilines is 1. The molecule has 0 amide bonds. The predicted molar refractivity (Wildman–Crippen MR) is 75.7 cm³/mol. The fourth-order valence-electron chi connectivity index (χ4n) is 2.26. The summed E-state index contributed by atoms with van der Waals surface area (Å²) < 4.78 is 5.68. The van der Waals surface area contributed by atoms with Gasteiger partial charge in [-0.25, -0.2) is 4.98 Å². The summed E-state index contributed by atoms with van der Waals surface area (Å²) in [7, 11) is 0. The second-order valence-electron chi connectivity index (χ2n) is 4.58. The van der Waals surface area contributed by atoms with Crippen molar-refractivity contribution in [2.45, 2.75) is 38.6 Å². The number of rotatable bonds is 7. The number of halogens is 1. The van der Waals surface area contributed by atoms with Crippen LogP contribution in [0.1, 0.15) is 32.6 Å². The predicted octanol–water partition coefficient (Wildman–Crippen LogP) is 3.47. The van der Waals surface area contributed by atoms with E-state index >= 15 is 0 Å². The molecule has 4 heteroatoms. The number of pyridine rings is 1. The van der Waals surface area contributed by atoms with Crippen molar-refractivity contribution in [2.75, 3.05) is 23.9 Å². The van der Waals surface area contributed by atoms with Crippen LogP contribution in [0.2, 0.25) is 0 Å². The van der Waals surface area contributed by atoms with Gasteiger partial charge < -0.3 is 9.64 Å². The summed E-state index contributed by atoms with van der Waals surface area (Å²) in [5.74, 6) is 2.57. The largest absolute Gasteiger partial charge is 0.490 e. The highest BCUT2D eigenvalue weighted by Crippen LogP contribution is 2.33. The third-order valence-corrected chi connectivity index (χ3v) is 3.64. The summed E-state index contributed by atoms with van der Waals surface area (Å²) >= 11 is 5.82. The lowest BCUT2D eigenvalue weighted by Crippen LogP contribution is -2.41. The van der Waals surface area contributed by atoms with E-state index in [0.29, 0.717) is 18.5 Å². The van der Waals surface area contributed by atoms with Gasteiger partial charge in [0.15, 0.2) is 11.6 Å². The molecule has 1 aliphatic rings. The van der Waals surface area contributed by atoms with E-state index in [1.165, 1.54) is 19.3 Å². The van der Waals surface area contributed by atoms with E-state index in [2.05, 4.69) is 9.88 Å². The second kappa shape index (κ2) is 6.83. The monoisotopic (exact) mass is 268 g/mol. The van der Waals surface area contributed by atoms with Crippen LogP contribution in [-0.4, -0.2) is 30.1 Å². The Bertz CT molecular complexity index is 369. The molecule has 1 heterocycles. The zero-order valence-electron chi connectivity index (χ0n) is 10.9. The van der Waals surface area contributed by atoms with E-state index in [9.17, 15) is 0 Å². The molecule has 0 aliphatic heterocycles. The minimum atomic E-state index is 0.613. The van der Waals surface area contributed by atoms with Crippen molar-refractivity contribution in [2.24, 2.45) is 0 Å². The molecule has 0 radical (unpaired) electrons. The van der Waals surface area contributed by atoms with Gasteiger partial charge in [-0.2, -0.15) is 0 Å². The van der Waals surface area contributed by atoms with Crippen LogP contribution >= 0.6 is 11.6 Å². The normalized spacial score (nSPS) is 15.2. The molecule has 100 valence electrons. The molecule has 0 atom stereocenters. The van der Waals surface area contributed by atoms with E-state index in [-0.39, 0.29) is 0 Å².